The molecule has 1 N–H and O–H groups in total. The van der Waals surface area contributed by atoms with Gasteiger partial charge in [0, 0.05) is 6.92 Å². The first-order valence-corrected chi connectivity index (χ1v) is 5.64. The van der Waals surface area contributed by atoms with Crippen molar-refractivity contribution in [3.05, 3.63) is 12.7 Å². The summed E-state index contributed by atoms with van der Waals surface area (Å²) < 4.78 is 5.10. The lowest BCUT2D eigenvalue weighted by atomic mass is 10.1. The van der Waals surface area contributed by atoms with Gasteiger partial charge in [-0.25, -0.2) is 0 Å². The Morgan fingerprint density at radius 1 is 1.50 bits per heavy atom. The monoisotopic (exact) mass is 224 g/mol. The third kappa shape index (κ3) is 5.57. The first-order valence-electron chi connectivity index (χ1n) is 5.64. The zero-order chi connectivity index (χ0) is 12.6. The van der Waals surface area contributed by atoms with Gasteiger partial charge in [0.1, 0.15) is 6.54 Å². The van der Waals surface area contributed by atoms with Crippen LogP contribution in [0.25, 0.3) is 0 Å². The molecule has 0 aromatic heterocycles. The summed E-state index contributed by atoms with van der Waals surface area (Å²) in [6.45, 7) is 13.9. The summed E-state index contributed by atoms with van der Waals surface area (Å²) in [5.74, 6) is 5.65. The molecule has 0 aliphatic carbocycles. The summed E-state index contributed by atoms with van der Waals surface area (Å²) in [4.78, 5) is 12.3. The molecule has 0 aromatic rings. The highest BCUT2D eigenvalue weighted by molar-refractivity contribution is 5.67. The number of quaternary nitrogens is 1. The van der Waals surface area contributed by atoms with E-state index in [-0.39, 0.29) is 5.97 Å². The highest BCUT2D eigenvalue weighted by Crippen LogP contribution is 2.09. The lowest BCUT2D eigenvalue weighted by Gasteiger charge is -2.18. The Hall–Kier alpha value is -1.27. The van der Waals surface area contributed by atoms with E-state index in [2.05, 4.69) is 32.3 Å². The van der Waals surface area contributed by atoms with Crippen molar-refractivity contribution in [3.8, 4) is 11.8 Å². The molecule has 16 heavy (non-hydrogen) atoms. The van der Waals surface area contributed by atoms with E-state index in [0.717, 1.165) is 19.6 Å². The van der Waals surface area contributed by atoms with Crippen molar-refractivity contribution in [2.45, 2.75) is 33.3 Å². The maximum atomic E-state index is 10.9. The molecule has 3 nitrogen and oxygen atoms in total. The van der Waals surface area contributed by atoms with Crippen LogP contribution >= 0.6 is 0 Å². The zero-order valence-electron chi connectivity index (χ0n) is 10.7. The van der Waals surface area contributed by atoms with Crippen LogP contribution in [0.2, 0.25) is 0 Å². The minimum absolute atomic E-state index is 0.341. The number of rotatable bonds is 5. The molecule has 0 aliphatic heterocycles. The minimum atomic E-state index is -0.863. The average molecular weight is 224 g/mol. The van der Waals surface area contributed by atoms with Crippen LogP contribution in [0.1, 0.15) is 27.7 Å². The van der Waals surface area contributed by atoms with Gasteiger partial charge in [0.15, 0.2) is 5.60 Å². The van der Waals surface area contributed by atoms with Gasteiger partial charge in [-0.15, -0.1) is 0 Å². The van der Waals surface area contributed by atoms with Crippen LogP contribution in [-0.4, -0.2) is 31.2 Å². The molecule has 0 rings (SSSR count). The van der Waals surface area contributed by atoms with E-state index in [1.54, 1.807) is 13.0 Å². The van der Waals surface area contributed by atoms with Crippen LogP contribution in [0, 0.1) is 11.8 Å². The molecule has 3 heteroatoms. The molecule has 0 spiro atoms. The van der Waals surface area contributed by atoms with E-state index in [9.17, 15) is 4.79 Å². The molecule has 0 aliphatic rings. The van der Waals surface area contributed by atoms with Gasteiger partial charge >= 0.3 is 5.97 Å². The summed E-state index contributed by atoms with van der Waals surface area (Å²) in [6.07, 6.45) is 1.55. The molecular formula is C13H22NO2+. The molecule has 0 saturated heterocycles. The van der Waals surface area contributed by atoms with E-state index in [4.69, 9.17) is 4.74 Å². The van der Waals surface area contributed by atoms with Crippen molar-refractivity contribution in [2.24, 2.45) is 0 Å². The lowest BCUT2D eigenvalue weighted by molar-refractivity contribution is -0.889. The van der Waals surface area contributed by atoms with Crippen LogP contribution in [0.15, 0.2) is 12.7 Å². The maximum absolute atomic E-state index is 10.9. The normalized spacial score (nSPS) is 13.6. The van der Waals surface area contributed by atoms with Crippen molar-refractivity contribution in [2.75, 3.05) is 19.6 Å². The van der Waals surface area contributed by atoms with Crippen LogP contribution in [-0.2, 0) is 9.53 Å². The number of hydrogen-bond donors (Lipinski definition) is 1. The number of nitrogens with one attached hydrogen (secondary N) is 1. The second-order valence-electron chi connectivity index (χ2n) is 3.84. The van der Waals surface area contributed by atoms with E-state index < -0.39 is 5.60 Å². The molecule has 0 fully saturated rings. The van der Waals surface area contributed by atoms with Crippen molar-refractivity contribution in [1.82, 2.24) is 0 Å². The predicted molar refractivity (Wildman–Crippen MR) is 65.1 cm³/mol. The minimum Gasteiger partial charge on any atom is -0.443 e. The van der Waals surface area contributed by atoms with Gasteiger partial charge in [-0.3, -0.25) is 4.79 Å². The summed E-state index contributed by atoms with van der Waals surface area (Å²) in [6, 6.07) is 0. The first kappa shape index (κ1) is 14.7. The van der Waals surface area contributed by atoms with E-state index in [1.165, 1.54) is 11.8 Å². The zero-order valence-corrected chi connectivity index (χ0v) is 10.7. The third-order valence-corrected chi connectivity index (χ3v) is 2.42. The van der Waals surface area contributed by atoms with Crippen LogP contribution in [0.4, 0.5) is 0 Å². The Labute approximate surface area is 98.5 Å². The smallest absolute Gasteiger partial charge is 0.304 e. The molecule has 0 unspecified atom stereocenters. The maximum Gasteiger partial charge on any atom is 0.304 e. The standard InChI is InChI=1S/C13H21NO2/c1-6-13(5,16-12(4)15)10-9-11-14(7-2)8-3/h6H,1,7-8,11H2,2-5H3/p+1/t13-/m1/s1. The van der Waals surface area contributed by atoms with E-state index >= 15 is 0 Å². The molecule has 1 atom stereocenters. The second-order valence-corrected chi connectivity index (χ2v) is 3.84. The van der Waals surface area contributed by atoms with Crippen LogP contribution < -0.4 is 4.90 Å². The topological polar surface area (TPSA) is 30.7 Å². The molecule has 90 valence electrons. The largest absolute Gasteiger partial charge is 0.443 e. The quantitative estimate of drug-likeness (QED) is 0.417. The summed E-state index contributed by atoms with van der Waals surface area (Å²) >= 11 is 0. The fourth-order valence-electron chi connectivity index (χ4n) is 1.26. The van der Waals surface area contributed by atoms with Gasteiger partial charge in [-0.1, -0.05) is 6.58 Å². The number of carbonyl (C=O) groups is 1. The number of ether oxygens (including phenoxy) is 1. The molecule has 0 amide bonds. The Morgan fingerprint density at radius 2 is 2.06 bits per heavy atom. The van der Waals surface area contributed by atoms with Gasteiger partial charge in [0.25, 0.3) is 0 Å². The molecular weight excluding hydrogens is 202 g/mol. The van der Waals surface area contributed by atoms with E-state index in [0.29, 0.717) is 0 Å². The Kier molecular flexibility index (Phi) is 6.52. The van der Waals surface area contributed by atoms with Gasteiger partial charge in [0.05, 0.1) is 13.1 Å². The number of carbonyl (C=O) groups excluding carboxylic acids is 1. The second kappa shape index (κ2) is 7.08. The molecule has 0 bridgehead atoms. The SMILES string of the molecule is C=C[C@](C)(C#CC[NH+](CC)CC)OC(C)=O. The van der Waals surface area contributed by atoms with Crippen molar-refractivity contribution in [1.29, 1.82) is 0 Å². The summed E-state index contributed by atoms with van der Waals surface area (Å²) in [5.41, 5.74) is -0.863. The number of esters is 1. The summed E-state index contributed by atoms with van der Waals surface area (Å²) in [5, 5.41) is 0. The van der Waals surface area contributed by atoms with Crippen molar-refractivity contribution >= 4 is 5.97 Å². The average Bonchev–Trinajstić information content (AvgIpc) is 2.23. The Balaban J connectivity index is 4.47. The van der Waals surface area contributed by atoms with Crippen molar-refractivity contribution in [3.63, 3.8) is 0 Å². The summed E-state index contributed by atoms with van der Waals surface area (Å²) in [7, 11) is 0. The Bertz CT molecular complexity index is 297. The van der Waals surface area contributed by atoms with E-state index in [1.807, 2.05) is 0 Å². The van der Waals surface area contributed by atoms with Gasteiger partial charge < -0.3 is 9.64 Å². The Morgan fingerprint density at radius 3 is 2.44 bits per heavy atom. The predicted octanol–water partition coefficient (Wildman–Crippen LogP) is 0.422. The fourth-order valence-corrected chi connectivity index (χ4v) is 1.26. The van der Waals surface area contributed by atoms with Gasteiger partial charge in [-0.05, 0) is 38.7 Å². The molecule has 0 aromatic carbocycles. The van der Waals surface area contributed by atoms with Gasteiger partial charge in [-0.2, -0.15) is 0 Å². The van der Waals surface area contributed by atoms with Gasteiger partial charge in [0.2, 0.25) is 0 Å². The lowest BCUT2D eigenvalue weighted by Crippen LogP contribution is -3.11. The molecule has 0 heterocycles. The molecule has 0 saturated carbocycles. The first-order chi connectivity index (χ1) is 7.47. The van der Waals surface area contributed by atoms with Crippen molar-refractivity contribution < 1.29 is 14.4 Å². The third-order valence-electron chi connectivity index (χ3n) is 2.42. The highest BCUT2D eigenvalue weighted by atomic mass is 16.6. The van der Waals surface area contributed by atoms with Crippen LogP contribution in [0.3, 0.4) is 0 Å². The highest BCUT2D eigenvalue weighted by Gasteiger charge is 2.20. The molecule has 0 radical (unpaired) electrons. The fraction of sp³-hybridized carbons (Fsp3) is 0.615. The number of hydrogen-bond acceptors (Lipinski definition) is 2. The van der Waals surface area contributed by atoms with Crippen LogP contribution in [0.5, 0.6) is 0 Å².